The fraction of sp³-hybridized carbons (Fsp3) is 0.200. The Bertz CT molecular complexity index is 394. The van der Waals surface area contributed by atoms with Crippen molar-refractivity contribution in [2.24, 2.45) is 0 Å². The van der Waals surface area contributed by atoms with Crippen molar-refractivity contribution in [3.05, 3.63) is 36.0 Å². The minimum Gasteiger partial charge on any atom is -0.287 e. The zero-order chi connectivity index (χ0) is 11.6. The predicted molar refractivity (Wildman–Crippen MR) is 50.1 cm³/mol. The third-order valence-corrected chi connectivity index (χ3v) is 1.99. The molecule has 0 saturated heterocycles. The van der Waals surface area contributed by atoms with Crippen LogP contribution in [0.5, 0.6) is 0 Å². The predicted octanol–water partition coefficient (Wildman–Crippen LogP) is 1.34. The van der Waals surface area contributed by atoms with Gasteiger partial charge in [-0.05, 0) is 6.92 Å². The van der Waals surface area contributed by atoms with Crippen LogP contribution in [-0.4, -0.2) is 17.7 Å². The molecule has 1 heterocycles. The number of alkyl halides is 2. The second kappa shape index (κ2) is 3.76. The summed E-state index contributed by atoms with van der Waals surface area (Å²) in [7, 11) is 0. The molecule has 0 fully saturated rings. The van der Waals surface area contributed by atoms with Crippen molar-refractivity contribution in [3.63, 3.8) is 0 Å². The van der Waals surface area contributed by atoms with Gasteiger partial charge in [0.25, 0.3) is 5.91 Å². The summed E-state index contributed by atoms with van der Waals surface area (Å²) in [5, 5.41) is 1.58. The second-order valence-corrected chi connectivity index (χ2v) is 2.99. The summed E-state index contributed by atoms with van der Waals surface area (Å²) in [6.07, 6.45) is 3.55. The molecule has 0 spiro atoms. The molecular formula is C10H9F2NO2. The molecule has 0 aromatic heterocycles. The highest BCUT2D eigenvalue weighted by molar-refractivity contribution is 6.11. The summed E-state index contributed by atoms with van der Waals surface area (Å²) >= 11 is 0. The van der Waals surface area contributed by atoms with Gasteiger partial charge in [0.2, 0.25) is 0 Å². The van der Waals surface area contributed by atoms with E-state index in [0.717, 1.165) is 6.08 Å². The average molecular weight is 213 g/mol. The normalized spacial score (nSPS) is 20.7. The smallest absolute Gasteiger partial charge is 0.287 e. The van der Waals surface area contributed by atoms with Gasteiger partial charge in [-0.2, -0.15) is 8.78 Å². The van der Waals surface area contributed by atoms with E-state index in [2.05, 4.69) is 6.58 Å². The minimum absolute atomic E-state index is 0.169. The number of hydrogen-bond donors (Lipinski definition) is 1. The van der Waals surface area contributed by atoms with Gasteiger partial charge in [0.05, 0.1) is 0 Å². The highest BCUT2D eigenvalue weighted by atomic mass is 19.3. The van der Waals surface area contributed by atoms with Gasteiger partial charge in [0.1, 0.15) is 0 Å². The first-order chi connectivity index (χ1) is 6.91. The highest BCUT2D eigenvalue weighted by Gasteiger charge is 2.47. The van der Waals surface area contributed by atoms with Gasteiger partial charge in [-0.25, -0.2) is 0 Å². The fourth-order valence-corrected chi connectivity index (χ4v) is 1.15. The van der Waals surface area contributed by atoms with Crippen LogP contribution in [-0.2, 0) is 9.59 Å². The van der Waals surface area contributed by atoms with Gasteiger partial charge in [0.15, 0.2) is 0 Å². The lowest BCUT2D eigenvalue weighted by Gasteiger charge is -2.23. The quantitative estimate of drug-likeness (QED) is 0.555. The maximum absolute atomic E-state index is 13.3. The molecule has 0 saturated carbocycles. The molecule has 0 aromatic rings. The van der Waals surface area contributed by atoms with Crippen molar-refractivity contribution in [1.29, 1.82) is 0 Å². The number of carbonyl (C=O) groups excluding carboxylic acids is 2. The van der Waals surface area contributed by atoms with E-state index in [0.29, 0.717) is 0 Å². The molecule has 1 aliphatic heterocycles. The maximum atomic E-state index is 13.3. The van der Waals surface area contributed by atoms with E-state index in [1.807, 2.05) is 0 Å². The Morgan fingerprint density at radius 3 is 2.53 bits per heavy atom. The van der Waals surface area contributed by atoms with Crippen LogP contribution < -0.4 is 5.32 Å². The monoisotopic (exact) mass is 213 g/mol. The van der Waals surface area contributed by atoms with Gasteiger partial charge in [-0.15, -0.1) is 0 Å². The number of allylic oxidation sites excluding steroid dienone is 3. The van der Waals surface area contributed by atoms with E-state index in [1.165, 1.54) is 19.1 Å². The van der Waals surface area contributed by atoms with Gasteiger partial charge < -0.3 is 0 Å². The number of nitrogens with one attached hydrogen (secondary N) is 1. The van der Waals surface area contributed by atoms with E-state index >= 15 is 0 Å². The maximum Gasteiger partial charge on any atom is 0.350 e. The number of amides is 2. The molecule has 0 unspecified atom stereocenters. The molecule has 0 aromatic carbocycles. The molecular weight excluding hydrogens is 204 g/mol. The lowest BCUT2D eigenvalue weighted by molar-refractivity contribution is -0.145. The summed E-state index contributed by atoms with van der Waals surface area (Å²) in [4.78, 5) is 22.0. The van der Waals surface area contributed by atoms with E-state index in [1.54, 1.807) is 5.32 Å². The first kappa shape index (κ1) is 11.3. The van der Waals surface area contributed by atoms with Crippen molar-refractivity contribution in [3.8, 4) is 0 Å². The van der Waals surface area contributed by atoms with E-state index in [-0.39, 0.29) is 5.57 Å². The van der Waals surface area contributed by atoms with E-state index < -0.39 is 23.3 Å². The number of halogens is 2. The Hall–Kier alpha value is -1.78. The summed E-state index contributed by atoms with van der Waals surface area (Å²) in [6, 6.07) is 0. The number of imide groups is 1. The summed E-state index contributed by atoms with van der Waals surface area (Å²) in [5.41, 5.74) is -0.756. The van der Waals surface area contributed by atoms with Crippen molar-refractivity contribution >= 4 is 11.8 Å². The molecule has 0 bridgehead atoms. The van der Waals surface area contributed by atoms with Crippen LogP contribution >= 0.6 is 0 Å². The van der Waals surface area contributed by atoms with Gasteiger partial charge in [0, 0.05) is 11.1 Å². The Balaban J connectivity index is 3.30. The Morgan fingerprint density at radius 1 is 1.40 bits per heavy atom. The molecule has 0 aliphatic carbocycles. The SMILES string of the molecule is C=C/C=C\C1=C(C)C(=O)NC(=O)C1(F)F. The lowest BCUT2D eigenvalue weighted by atomic mass is 9.97. The van der Waals surface area contributed by atoms with Crippen molar-refractivity contribution < 1.29 is 18.4 Å². The summed E-state index contributed by atoms with van der Waals surface area (Å²) < 4.78 is 26.6. The molecule has 15 heavy (non-hydrogen) atoms. The van der Waals surface area contributed by atoms with E-state index in [9.17, 15) is 18.4 Å². The average Bonchev–Trinajstić information content (AvgIpc) is 2.15. The number of carbonyl (C=O) groups is 2. The summed E-state index contributed by atoms with van der Waals surface area (Å²) in [5.74, 6) is -6.06. The third kappa shape index (κ3) is 1.86. The highest BCUT2D eigenvalue weighted by Crippen LogP contribution is 2.31. The number of hydrogen-bond acceptors (Lipinski definition) is 2. The van der Waals surface area contributed by atoms with Crippen LogP contribution in [0.1, 0.15) is 6.92 Å². The Morgan fingerprint density at radius 2 is 2.00 bits per heavy atom. The van der Waals surface area contributed by atoms with Crippen LogP contribution in [0.25, 0.3) is 0 Å². The first-order valence-corrected chi connectivity index (χ1v) is 4.15. The molecule has 1 N–H and O–H groups in total. The largest absolute Gasteiger partial charge is 0.350 e. The van der Waals surface area contributed by atoms with Crippen LogP contribution in [0.15, 0.2) is 36.0 Å². The van der Waals surface area contributed by atoms with Gasteiger partial charge in [-0.3, -0.25) is 14.9 Å². The van der Waals surface area contributed by atoms with Crippen LogP contribution in [0.2, 0.25) is 0 Å². The fourth-order valence-electron chi connectivity index (χ4n) is 1.15. The zero-order valence-electron chi connectivity index (χ0n) is 8.01. The molecule has 1 aliphatic rings. The van der Waals surface area contributed by atoms with Crippen molar-refractivity contribution in [1.82, 2.24) is 5.32 Å². The lowest BCUT2D eigenvalue weighted by Crippen LogP contribution is -2.49. The van der Waals surface area contributed by atoms with Gasteiger partial charge >= 0.3 is 11.8 Å². The Labute approximate surface area is 85.2 Å². The Kier molecular flexibility index (Phi) is 2.83. The molecule has 80 valence electrons. The van der Waals surface area contributed by atoms with Crippen LogP contribution in [0.4, 0.5) is 8.78 Å². The zero-order valence-corrected chi connectivity index (χ0v) is 8.01. The van der Waals surface area contributed by atoms with Crippen LogP contribution in [0.3, 0.4) is 0 Å². The molecule has 3 nitrogen and oxygen atoms in total. The molecule has 0 radical (unpaired) electrons. The third-order valence-electron chi connectivity index (χ3n) is 1.99. The van der Waals surface area contributed by atoms with Crippen molar-refractivity contribution in [2.75, 3.05) is 0 Å². The number of rotatable bonds is 2. The van der Waals surface area contributed by atoms with Gasteiger partial charge in [-0.1, -0.05) is 24.8 Å². The second-order valence-electron chi connectivity index (χ2n) is 2.99. The molecule has 1 rings (SSSR count). The molecule has 5 heteroatoms. The summed E-state index contributed by atoms with van der Waals surface area (Å²) in [6.45, 7) is 4.55. The first-order valence-electron chi connectivity index (χ1n) is 4.15. The van der Waals surface area contributed by atoms with Crippen molar-refractivity contribution in [2.45, 2.75) is 12.8 Å². The van der Waals surface area contributed by atoms with Crippen LogP contribution in [0, 0.1) is 0 Å². The minimum atomic E-state index is -3.67. The molecule has 0 atom stereocenters. The topological polar surface area (TPSA) is 46.2 Å². The van der Waals surface area contributed by atoms with E-state index in [4.69, 9.17) is 0 Å². The standard InChI is InChI=1S/C10H9F2NO2/c1-3-4-5-7-6(2)8(14)13-9(15)10(7,11)12/h3-5H,1H2,2H3,(H,13,14,15)/b5-4-. The molecule has 2 amide bonds.